The molecule has 0 bridgehead atoms. The van der Waals surface area contributed by atoms with Crippen LogP contribution in [0.1, 0.15) is 24.0 Å². The van der Waals surface area contributed by atoms with Crippen molar-refractivity contribution in [1.82, 2.24) is 0 Å². The Morgan fingerprint density at radius 1 is 0.417 bits per heavy atom. The second-order valence-electron chi connectivity index (χ2n) is 12.7. The highest BCUT2D eigenvalue weighted by Gasteiger charge is 2.20. The molecule has 7 aromatic carbocycles. The lowest BCUT2D eigenvalue weighted by atomic mass is 9.91. The minimum Gasteiger partial charge on any atom is -0.455 e. The average Bonchev–Trinajstić information content (AvgIpc) is 3.72. The Bertz CT molecular complexity index is 2950. The van der Waals surface area contributed by atoms with Crippen molar-refractivity contribution < 1.29 is 8.83 Å². The van der Waals surface area contributed by atoms with Gasteiger partial charge in [0.05, 0.1) is 0 Å². The van der Waals surface area contributed by atoms with E-state index < -0.39 is 0 Å². The lowest BCUT2D eigenvalue weighted by Crippen LogP contribution is -2.29. The van der Waals surface area contributed by atoms with Crippen molar-refractivity contribution in [3.8, 4) is 0 Å². The molecule has 1 aliphatic rings. The Morgan fingerprint density at radius 3 is 1.88 bits per heavy atom. The van der Waals surface area contributed by atoms with Gasteiger partial charge in [-0.3, -0.25) is 0 Å². The van der Waals surface area contributed by atoms with E-state index in [2.05, 4.69) is 146 Å². The third kappa shape index (κ3) is 4.13. The summed E-state index contributed by atoms with van der Waals surface area (Å²) in [7, 11) is 0. The van der Waals surface area contributed by atoms with Crippen LogP contribution in [0.3, 0.4) is 0 Å². The first kappa shape index (κ1) is 27.0. The minimum absolute atomic E-state index is 0.884. The number of allylic oxidation sites excluding steroid dienone is 4. The number of fused-ring (bicyclic) bond motifs is 11. The molecule has 48 heavy (non-hydrogen) atoms. The molecule has 0 saturated heterocycles. The fraction of sp³-hybridized carbons (Fsp3) is 0.0435. The molecule has 0 amide bonds. The molecule has 0 aliphatic heterocycles. The molecular weight excluding hydrogens is 585 g/mol. The van der Waals surface area contributed by atoms with Crippen LogP contribution < -0.4 is 10.4 Å². The number of furan rings is 2. The highest BCUT2D eigenvalue weighted by atomic mass is 16.3. The molecule has 0 unspecified atom stereocenters. The summed E-state index contributed by atoms with van der Waals surface area (Å²) in [4.78, 5) is 0. The summed E-state index contributed by atoms with van der Waals surface area (Å²) >= 11 is 0. The first-order valence-corrected chi connectivity index (χ1v) is 16.7. The standard InChI is InChI=1S/C46H30O2/c1-2-4-16-35(34-18-8-7-17-33(34)32(15-3-1)31-24-23-29-13-5-6-14-30(29)27-31)40-28-41-37(44-39-20-10-12-22-43(39)48-46(40)44)25-26-38-36-19-9-11-21-42(36)47-45(38)41/h3-28H,1-2H2/b15-3?,16-4+,33-32+,35-34+. The van der Waals surface area contributed by atoms with E-state index in [1.54, 1.807) is 0 Å². The Labute approximate surface area is 276 Å². The van der Waals surface area contributed by atoms with E-state index in [9.17, 15) is 0 Å². The van der Waals surface area contributed by atoms with Gasteiger partial charge < -0.3 is 8.83 Å². The fourth-order valence-electron chi connectivity index (χ4n) is 7.65. The highest BCUT2D eigenvalue weighted by molar-refractivity contribution is 6.27. The summed E-state index contributed by atoms with van der Waals surface area (Å²) in [6.07, 6.45) is 11.1. The van der Waals surface area contributed by atoms with Gasteiger partial charge in [0.15, 0.2) is 0 Å². The third-order valence-corrected chi connectivity index (χ3v) is 9.91. The van der Waals surface area contributed by atoms with Crippen molar-refractivity contribution in [1.29, 1.82) is 0 Å². The molecule has 9 aromatic rings. The van der Waals surface area contributed by atoms with Gasteiger partial charge in [-0.05, 0) is 86.5 Å². The molecule has 10 rings (SSSR count). The van der Waals surface area contributed by atoms with Crippen LogP contribution in [-0.4, -0.2) is 0 Å². The van der Waals surface area contributed by atoms with Crippen LogP contribution in [-0.2, 0) is 0 Å². The van der Waals surface area contributed by atoms with E-state index in [1.165, 1.54) is 32.3 Å². The number of para-hydroxylation sites is 2. The summed E-state index contributed by atoms with van der Waals surface area (Å²) in [5, 5.41) is 11.6. The third-order valence-electron chi connectivity index (χ3n) is 9.91. The van der Waals surface area contributed by atoms with Crippen molar-refractivity contribution in [3.63, 3.8) is 0 Å². The number of hydrogen-bond donors (Lipinski definition) is 0. The van der Waals surface area contributed by atoms with Gasteiger partial charge in [-0.1, -0.05) is 127 Å². The van der Waals surface area contributed by atoms with E-state index in [0.717, 1.165) is 78.6 Å². The van der Waals surface area contributed by atoms with Crippen molar-refractivity contribution in [2.75, 3.05) is 0 Å². The monoisotopic (exact) mass is 614 g/mol. The van der Waals surface area contributed by atoms with Gasteiger partial charge in [-0.15, -0.1) is 0 Å². The van der Waals surface area contributed by atoms with E-state index in [0.29, 0.717) is 0 Å². The van der Waals surface area contributed by atoms with Crippen molar-refractivity contribution in [2.45, 2.75) is 12.8 Å². The number of benzene rings is 7. The summed E-state index contributed by atoms with van der Waals surface area (Å²) < 4.78 is 13.4. The molecule has 0 spiro atoms. The van der Waals surface area contributed by atoms with Crippen LogP contribution in [0.5, 0.6) is 0 Å². The molecule has 2 heteroatoms. The van der Waals surface area contributed by atoms with Gasteiger partial charge in [0.2, 0.25) is 0 Å². The zero-order valence-corrected chi connectivity index (χ0v) is 26.2. The summed E-state index contributed by atoms with van der Waals surface area (Å²) in [6, 6.07) is 47.7. The van der Waals surface area contributed by atoms with Crippen molar-refractivity contribution >= 4 is 76.6 Å². The summed E-state index contributed by atoms with van der Waals surface area (Å²) in [6.45, 7) is 0. The molecule has 0 radical (unpaired) electrons. The topological polar surface area (TPSA) is 26.3 Å². The molecule has 0 saturated carbocycles. The maximum Gasteiger partial charge on any atom is 0.143 e. The van der Waals surface area contributed by atoms with Crippen molar-refractivity contribution in [3.05, 3.63) is 179 Å². The number of hydrogen-bond acceptors (Lipinski definition) is 2. The van der Waals surface area contributed by atoms with Gasteiger partial charge in [-0.2, -0.15) is 0 Å². The first-order chi connectivity index (χ1) is 23.8. The largest absolute Gasteiger partial charge is 0.455 e. The molecule has 0 fully saturated rings. The Kier molecular flexibility index (Phi) is 6.04. The Hall–Kier alpha value is -6.12. The molecule has 2 aromatic heterocycles. The van der Waals surface area contributed by atoms with Crippen LogP contribution >= 0.6 is 0 Å². The summed E-state index contributed by atoms with van der Waals surface area (Å²) in [5.41, 5.74) is 8.21. The molecule has 2 heterocycles. The average molecular weight is 615 g/mol. The second kappa shape index (κ2) is 10.7. The van der Waals surface area contributed by atoms with Gasteiger partial charge >= 0.3 is 0 Å². The second-order valence-corrected chi connectivity index (χ2v) is 12.7. The molecule has 2 nitrogen and oxygen atoms in total. The van der Waals surface area contributed by atoms with E-state index >= 15 is 0 Å². The highest BCUT2D eigenvalue weighted by Crippen LogP contribution is 2.43. The van der Waals surface area contributed by atoms with E-state index in [4.69, 9.17) is 8.83 Å². The zero-order valence-electron chi connectivity index (χ0n) is 26.2. The van der Waals surface area contributed by atoms with Gasteiger partial charge in [0.1, 0.15) is 22.3 Å². The van der Waals surface area contributed by atoms with Gasteiger partial charge in [0, 0.05) is 32.5 Å². The predicted octanol–water partition coefficient (Wildman–Crippen LogP) is 11.1. The van der Waals surface area contributed by atoms with Gasteiger partial charge in [0.25, 0.3) is 0 Å². The maximum absolute atomic E-state index is 6.81. The SMILES string of the molecule is C1=C/C(c2ccc3ccccc3c2)=c2/cccc/c2=C(c2cc3c(ccc4c5ccccc5oc43)c3c2oc2ccccc23)/C=C/CC1. The Balaban J connectivity index is 1.39. The van der Waals surface area contributed by atoms with Crippen LogP contribution in [0.25, 0.3) is 76.6 Å². The normalized spacial score (nSPS) is 16.8. The van der Waals surface area contributed by atoms with Gasteiger partial charge in [-0.25, -0.2) is 0 Å². The zero-order chi connectivity index (χ0) is 31.6. The predicted molar refractivity (Wildman–Crippen MR) is 201 cm³/mol. The smallest absolute Gasteiger partial charge is 0.143 e. The Morgan fingerprint density at radius 2 is 1.04 bits per heavy atom. The molecule has 226 valence electrons. The fourth-order valence-corrected chi connectivity index (χ4v) is 7.65. The quantitative estimate of drug-likeness (QED) is 0.194. The van der Waals surface area contributed by atoms with E-state index in [1.807, 2.05) is 12.1 Å². The van der Waals surface area contributed by atoms with Crippen LogP contribution in [0.2, 0.25) is 0 Å². The van der Waals surface area contributed by atoms with E-state index in [-0.39, 0.29) is 0 Å². The van der Waals surface area contributed by atoms with Crippen LogP contribution in [0, 0.1) is 0 Å². The van der Waals surface area contributed by atoms with Crippen molar-refractivity contribution in [2.24, 2.45) is 0 Å². The lowest BCUT2D eigenvalue weighted by Gasteiger charge is -2.12. The number of rotatable bonds is 2. The molecular formula is C46H30O2. The minimum atomic E-state index is 0.884. The molecule has 0 atom stereocenters. The van der Waals surface area contributed by atoms with Crippen LogP contribution in [0.4, 0.5) is 0 Å². The lowest BCUT2D eigenvalue weighted by molar-refractivity contribution is 0.667. The molecule has 0 N–H and O–H groups in total. The molecule has 1 aliphatic carbocycles. The maximum atomic E-state index is 6.81. The first-order valence-electron chi connectivity index (χ1n) is 16.7. The van der Waals surface area contributed by atoms with Crippen LogP contribution in [0.15, 0.2) is 167 Å². The summed E-state index contributed by atoms with van der Waals surface area (Å²) in [5.74, 6) is 0.